The molecule has 0 atom stereocenters. The quantitative estimate of drug-likeness (QED) is 0.821. The Morgan fingerprint density at radius 3 is 2.75 bits per heavy atom. The number of nitriles is 2. The van der Waals surface area contributed by atoms with Crippen LogP contribution in [-0.4, -0.2) is 21.5 Å². The zero-order valence-corrected chi connectivity index (χ0v) is 12.7. The minimum Gasteiger partial charge on any atom is -0.358 e. The van der Waals surface area contributed by atoms with Gasteiger partial charge in [0.2, 0.25) is 0 Å². The number of allylic oxidation sites excluding steroid dienone is 1. The highest BCUT2D eigenvalue weighted by Crippen LogP contribution is 2.24. The number of carbonyl (C=O) groups excluding carboxylic acids is 1. The zero-order valence-electron chi connectivity index (χ0n) is 12.7. The van der Waals surface area contributed by atoms with Crippen molar-refractivity contribution in [1.82, 2.24) is 14.9 Å². The summed E-state index contributed by atoms with van der Waals surface area (Å²) >= 11 is 0. The number of hydrogen-bond acceptors (Lipinski definition) is 5. The Morgan fingerprint density at radius 1 is 1.33 bits per heavy atom. The standard InChI is InChI=1S/C17H14N6O/c18-8-12(9-19)10-21-15-7-13(17(24)22-14-2-3-14)1-4-16(15)23-6-5-20-11-23/h1,4-7,10-11,14,21H,2-3H2,(H,22,24). The van der Waals surface area contributed by atoms with Gasteiger partial charge >= 0.3 is 0 Å². The summed E-state index contributed by atoms with van der Waals surface area (Å²) in [4.78, 5) is 16.2. The van der Waals surface area contributed by atoms with E-state index in [1.807, 2.05) is 0 Å². The molecule has 0 radical (unpaired) electrons. The molecule has 1 aromatic carbocycles. The van der Waals surface area contributed by atoms with Crippen LogP contribution in [0.1, 0.15) is 23.2 Å². The van der Waals surface area contributed by atoms with Crippen LogP contribution in [0.15, 0.2) is 48.7 Å². The molecule has 1 aliphatic carbocycles. The second-order valence-electron chi connectivity index (χ2n) is 5.38. The van der Waals surface area contributed by atoms with Gasteiger partial charge in [0, 0.05) is 30.2 Å². The summed E-state index contributed by atoms with van der Waals surface area (Å²) < 4.78 is 1.77. The van der Waals surface area contributed by atoms with E-state index in [9.17, 15) is 4.79 Å². The van der Waals surface area contributed by atoms with Crippen molar-refractivity contribution < 1.29 is 4.79 Å². The third-order valence-electron chi connectivity index (χ3n) is 3.57. The molecule has 0 unspecified atom stereocenters. The van der Waals surface area contributed by atoms with E-state index in [1.165, 1.54) is 6.20 Å². The van der Waals surface area contributed by atoms with Crippen LogP contribution in [0.2, 0.25) is 0 Å². The van der Waals surface area contributed by atoms with E-state index in [-0.39, 0.29) is 17.5 Å². The molecular weight excluding hydrogens is 304 g/mol. The number of rotatable bonds is 5. The van der Waals surface area contributed by atoms with E-state index in [2.05, 4.69) is 15.6 Å². The van der Waals surface area contributed by atoms with Crippen molar-refractivity contribution in [2.45, 2.75) is 18.9 Å². The van der Waals surface area contributed by atoms with Gasteiger partial charge in [0.1, 0.15) is 17.7 Å². The Bertz CT molecular complexity index is 849. The Balaban J connectivity index is 1.94. The predicted molar refractivity (Wildman–Crippen MR) is 87.0 cm³/mol. The molecule has 7 heteroatoms. The van der Waals surface area contributed by atoms with Crippen LogP contribution in [0.5, 0.6) is 0 Å². The summed E-state index contributed by atoms with van der Waals surface area (Å²) in [6.07, 6.45) is 8.38. The average molecular weight is 318 g/mol. The lowest BCUT2D eigenvalue weighted by Crippen LogP contribution is -2.25. The lowest BCUT2D eigenvalue weighted by atomic mass is 10.1. The van der Waals surface area contributed by atoms with Crippen LogP contribution in [0.25, 0.3) is 5.69 Å². The maximum atomic E-state index is 12.2. The van der Waals surface area contributed by atoms with Crippen molar-refractivity contribution in [2.75, 3.05) is 5.32 Å². The normalized spacial score (nSPS) is 12.6. The molecule has 1 heterocycles. The molecule has 3 rings (SSSR count). The summed E-state index contributed by atoms with van der Waals surface area (Å²) in [7, 11) is 0. The van der Waals surface area contributed by atoms with Crippen molar-refractivity contribution in [3.05, 3.63) is 54.3 Å². The van der Waals surface area contributed by atoms with E-state index >= 15 is 0 Å². The Labute approximate surface area is 138 Å². The van der Waals surface area contributed by atoms with Gasteiger partial charge in [-0.2, -0.15) is 10.5 Å². The van der Waals surface area contributed by atoms with Crippen molar-refractivity contribution in [3.63, 3.8) is 0 Å². The highest BCUT2D eigenvalue weighted by molar-refractivity contribution is 5.96. The zero-order chi connectivity index (χ0) is 16.9. The SMILES string of the molecule is N#CC(C#N)=CNc1cc(C(=O)NC2CC2)ccc1-n1ccnc1. The molecule has 0 spiro atoms. The number of nitrogens with one attached hydrogen (secondary N) is 2. The third kappa shape index (κ3) is 3.42. The van der Waals surface area contributed by atoms with Crippen LogP contribution in [0, 0.1) is 22.7 Å². The van der Waals surface area contributed by atoms with E-state index in [0.29, 0.717) is 11.3 Å². The Hall–Kier alpha value is -3.58. The number of aromatic nitrogens is 2. The van der Waals surface area contributed by atoms with Gasteiger partial charge in [-0.15, -0.1) is 0 Å². The van der Waals surface area contributed by atoms with Crippen molar-refractivity contribution in [1.29, 1.82) is 10.5 Å². The Kier molecular flexibility index (Phi) is 4.26. The smallest absolute Gasteiger partial charge is 0.251 e. The van der Waals surface area contributed by atoms with Gasteiger partial charge < -0.3 is 15.2 Å². The summed E-state index contributed by atoms with van der Waals surface area (Å²) in [5.74, 6) is -0.137. The number of benzene rings is 1. The largest absolute Gasteiger partial charge is 0.358 e. The topological polar surface area (TPSA) is 107 Å². The number of amides is 1. The average Bonchev–Trinajstić information content (AvgIpc) is 3.25. The second kappa shape index (κ2) is 6.67. The molecule has 7 nitrogen and oxygen atoms in total. The number of carbonyl (C=O) groups is 1. The summed E-state index contributed by atoms with van der Waals surface area (Å²) in [6, 6.07) is 9.06. The molecule has 0 saturated heterocycles. The lowest BCUT2D eigenvalue weighted by Gasteiger charge is -2.12. The summed E-state index contributed by atoms with van der Waals surface area (Å²) in [5, 5.41) is 23.6. The first-order valence-corrected chi connectivity index (χ1v) is 7.41. The van der Waals surface area contributed by atoms with Gasteiger partial charge in [0.25, 0.3) is 5.91 Å². The van der Waals surface area contributed by atoms with Crippen LogP contribution in [-0.2, 0) is 0 Å². The van der Waals surface area contributed by atoms with Crippen LogP contribution in [0.3, 0.4) is 0 Å². The highest BCUT2D eigenvalue weighted by atomic mass is 16.1. The molecule has 1 amide bonds. The fourth-order valence-electron chi connectivity index (χ4n) is 2.16. The molecule has 1 saturated carbocycles. The number of hydrogen-bond donors (Lipinski definition) is 2. The molecule has 1 aliphatic rings. The maximum Gasteiger partial charge on any atom is 0.251 e. The molecular formula is C17H14N6O. The van der Waals surface area contributed by atoms with Crippen molar-refractivity contribution in [3.8, 4) is 17.8 Å². The minimum absolute atomic E-state index is 0.0561. The number of nitrogens with zero attached hydrogens (tertiary/aromatic N) is 4. The third-order valence-corrected chi connectivity index (χ3v) is 3.57. The summed E-state index contributed by atoms with van der Waals surface area (Å²) in [6.45, 7) is 0. The molecule has 0 aliphatic heterocycles. The molecule has 2 N–H and O–H groups in total. The number of imidazole rings is 1. The van der Waals surface area contributed by atoms with Gasteiger partial charge in [-0.25, -0.2) is 4.98 Å². The maximum absolute atomic E-state index is 12.2. The van der Waals surface area contributed by atoms with Gasteiger partial charge in [-0.05, 0) is 31.0 Å². The molecule has 118 valence electrons. The first kappa shape index (κ1) is 15.3. The lowest BCUT2D eigenvalue weighted by molar-refractivity contribution is 0.0951. The number of anilines is 1. The molecule has 0 bridgehead atoms. The second-order valence-corrected chi connectivity index (χ2v) is 5.38. The van der Waals surface area contributed by atoms with Crippen molar-refractivity contribution >= 4 is 11.6 Å². The fourth-order valence-corrected chi connectivity index (χ4v) is 2.16. The first-order valence-electron chi connectivity index (χ1n) is 7.41. The van der Waals surface area contributed by atoms with Crippen LogP contribution in [0.4, 0.5) is 5.69 Å². The van der Waals surface area contributed by atoms with E-state index in [1.54, 1.807) is 53.6 Å². The van der Waals surface area contributed by atoms with Gasteiger partial charge in [0.05, 0.1) is 17.7 Å². The monoisotopic (exact) mass is 318 g/mol. The van der Waals surface area contributed by atoms with Crippen LogP contribution >= 0.6 is 0 Å². The van der Waals surface area contributed by atoms with E-state index < -0.39 is 0 Å². The van der Waals surface area contributed by atoms with Gasteiger partial charge in [-0.3, -0.25) is 4.79 Å². The van der Waals surface area contributed by atoms with E-state index in [0.717, 1.165) is 18.5 Å². The van der Waals surface area contributed by atoms with Crippen molar-refractivity contribution in [2.24, 2.45) is 0 Å². The molecule has 24 heavy (non-hydrogen) atoms. The van der Waals surface area contributed by atoms with E-state index in [4.69, 9.17) is 10.5 Å². The van der Waals surface area contributed by atoms with Gasteiger partial charge in [-0.1, -0.05) is 0 Å². The van der Waals surface area contributed by atoms with Crippen LogP contribution < -0.4 is 10.6 Å². The van der Waals surface area contributed by atoms with Gasteiger partial charge in [0.15, 0.2) is 0 Å². The molecule has 2 aromatic rings. The first-order chi connectivity index (χ1) is 11.7. The molecule has 1 fully saturated rings. The predicted octanol–water partition coefficient (Wildman–Crippen LogP) is 2.11. The minimum atomic E-state index is -0.137. The summed E-state index contributed by atoms with van der Waals surface area (Å²) in [5.41, 5.74) is 1.80. The Morgan fingerprint density at radius 2 is 2.12 bits per heavy atom. The molecule has 1 aromatic heterocycles. The fraction of sp³-hybridized carbons (Fsp3) is 0.176. The highest BCUT2D eigenvalue weighted by Gasteiger charge is 2.24.